The molecule has 1 aliphatic heterocycles. The SMILES string of the molecule is CC1(Br)C=C(Br)N=N1. The first-order valence-corrected chi connectivity index (χ1v) is 3.69. The third-order valence-electron chi connectivity index (χ3n) is 0.724. The Kier molecular flexibility index (Phi) is 1.54. The van der Waals surface area contributed by atoms with E-state index in [1.807, 2.05) is 13.0 Å². The van der Waals surface area contributed by atoms with Gasteiger partial charge in [-0.3, -0.25) is 0 Å². The standard InChI is InChI=1S/C4H4Br2N2/c1-4(6)2-3(5)7-8-4/h2H,1H3. The number of alkyl halides is 1. The molecule has 2 nitrogen and oxygen atoms in total. The highest BCUT2D eigenvalue weighted by Gasteiger charge is 2.20. The minimum atomic E-state index is -0.272. The number of halogens is 2. The number of hydrogen-bond acceptors (Lipinski definition) is 2. The maximum atomic E-state index is 3.85. The fourth-order valence-electron chi connectivity index (χ4n) is 0.421. The first-order valence-electron chi connectivity index (χ1n) is 2.10. The molecule has 8 heavy (non-hydrogen) atoms. The van der Waals surface area contributed by atoms with Crippen molar-refractivity contribution in [3.63, 3.8) is 0 Å². The fraction of sp³-hybridized carbons (Fsp3) is 0.500. The molecule has 0 aromatic carbocycles. The number of nitrogens with zero attached hydrogens (tertiary/aromatic N) is 2. The van der Waals surface area contributed by atoms with Crippen molar-refractivity contribution < 1.29 is 0 Å². The first kappa shape index (κ1) is 6.42. The number of azo groups is 1. The lowest BCUT2D eigenvalue weighted by Crippen LogP contribution is -2.01. The molecule has 0 spiro atoms. The second-order valence-corrected chi connectivity index (χ2v) is 4.11. The molecule has 0 radical (unpaired) electrons. The molecule has 0 aliphatic carbocycles. The van der Waals surface area contributed by atoms with E-state index in [0.717, 1.165) is 4.61 Å². The number of hydrogen-bond donors (Lipinski definition) is 0. The Labute approximate surface area is 64.3 Å². The van der Waals surface area contributed by atoms with Gasteiger partial charge in [0.1, 0.15) is 4.61 Å². The van der Waals surface area contributed by atoms with Crippen molar-refractivity contribution in [2.45, 2.75) is 11.4 Å². The Morgan fingerprint density at radius 3 is 2.50 bits per heavy atom. The monoisotopic (exact) mass is 238 g/mol. The van der Waals surface area contributed by atoms with Crippen LogP contribution in [0.1, 0.15) is 6.92 Å². The van der Waals surface area contributed by atoms with Gasteiger partial charge in [0.15, 0.2) is 4.45 Å². The maximum absolute atomic E-state index is 3.85. The van der Waals surface area contributed by atoms with Crippen molar-refractivity contribution in [3.8, 4) is 0 Å². The zero-order valence-electron chi connectivity index (χ0n) is 4.23. The van der Waals surface area contributed by atoms with E-state index in [1.54, 1.807) is 0 Å². The summed E-state index contributed by atoms with van der Waals surface area (Å²) < 4.78 is 0.517. The molecule has 44 valence electrons. The van der Waals surface area contributed by atoms with Crippen LogP contribution < -0.4 is 0 Å². The quantitative estimate of drug-likeness (QED) is 0.459. The van der Waals surface area contributed by atoms with Crippen LogP contribution in [0.25, 0.3) is 0 Å². The highest BCUT2D eigenvalue weighted by Crippen LogP contribution is 2.31. The molecule has 4 heteroatoms. The van der Waals surface area contributed by atoms with E-state index < -0.39 is 0 Å². The highest BCUT2D eigenvalue weighted by atomic mass is 79.9. The van der Waals surface area contributed by atoms with Crippen LogP contribution in [0.3, 0.4) is 0 Å². The third-order valence-corrected chi connectivity index (χ3v) is 1.50. The van der Waals surface area contributed by atoms with E-state index in [1.165, 1.54) is 0 Å². The largest absolute Gasteiger partial charge is 0.166 e. The van der Waals surface area contributed by atoms with Gasteiger partial charge in [-0.05, 0) is 28.9 Å². The maximum Gasteiger partial charge on any atom is 0.154 e. The van der Waals surface area contributed by atoms with Gasteiger partial charge in [0.05, 0.1) is 0 Å². The predicted octanol–water partition coefficient (Wildman–Crippen LogP) is 2.80. The Morgan fingerprint density at radius 1 is 1.75 bits per heavy atom. The topological polar surface area (TPSA) is 24.7 Å². The molecule has 0 saturated heterocycles. The summed E-state index contributed by atoms with van der Waals surface area (Å²) in [7, 11) is 0. The van der Waals surface area contributed by atoms with Crippen LogP contribution in [-0.2, 0) is 0 Å². The third kappa shape index (κ3) is 1.39. The van der Waals surface area contributed by atoms with Crippen LogP contribution >= 0.6 is 31.9 Å². The van der Waals surface area contributed by atoms with E-state index in [9.17, 15) is 0 Å². The van der Waals surface area contributed by atoms with Gasteiger partial charge in [0, 0.05) is 0 Å². The van der Waals surface area contributed by atoms with Gasteiger partial charge in [0.25, 0.3) is 0 Å². The Bertz CT molecular complexity index is 159. The molecular formula is C4H4Br2N2. The molecule has 0 amide bonds. The van der Waals surface area contributed by atoms with Crippen LogP contribution in [0.4, 0.5) is 0 Å². The van der Waals surface area contributed by atoms with Crippen molar-refractivity contribution >= 4 is 31.9 Å². The summed E-state index contributed by atoms with van der Waals surface area (Å²) in [6.45, 7) is 1.92. The Balaban J connectivity index is 2.84. The zero-order valence-corrected chi connectivity index (χ0v) is 7.40. The summed E-state index contributed by atoms with van der Waals surface area (Å²) in [5.74, 6) is 0. The molecule has 0 fully saturated rings. The molecular weight excluding hydrogens is 236 g/mol. The predicted molar refractivity (Wildman–Crippen MR) is 39.2 cm³/mol. The minimum Gasteiger partial charge on any atom is -0.166 e. The van der Waals surface area contributed by atoms with Crippen molar-refractivity contribution in [3.05, 3.63) is 10.7 Å². The minimum absolute atomic E-state index is 0.272. The van der Waals surface area contributed by atoms with E-state index in [2.05, 4.69) is 42.1 Å². The zero-order chi connectivity index (χ0) is 6.20. The van der Waals surface area contributed by atoms with Gasteiger partial charge in [-0.1, -0.05) is 15.9 Å². The summed E-state index contributed by atoms with van der Waals surface area (Å²) in [5, 5.41) is 7.60. The summed E-state index contributed by atoms with van der Waals surface area (Å²) in [4.78, 5) is 0. The van der Waals surface area contributed by atoms with Crippen molar-refractivity contribution in [2.24, 2.45) is 10.2 Å². The molecule has 0 aromatic rings. The Hall–Kier alpha value is 0.300. The van der Waals surface area contributed by atoms with Crippen molar-refractivity contribution in [2.75, 3.05) is 0 Å². The van der Waals surface area contributed by atoms with E-state index in [0.29, 0.717) is 0 Å². The average Bonchev–Trinajstić information content (AvgIpc) is 1.82. The number of rotatable bonds is 0. The summed E-state index contributed by atoms with van der Waals surface area (Å²) in [6.07, 6.45) is 1.88. The lowest BCUT2D eigenvalue weighted by molar-refractivity contribution is 0.842. The fourth-order valence-corrected chi connectivity index (χ4v) is 1.55. The van der Waals surface area contributed by atoms with Gasteiger partial charge >= 0.3 is 0 Å². The average molecular weight is 240 g/mol. The van der Waals surface area contributed by atoms with Crippen LogP contribution in [0.2, 0.25) is 0 Å². The summed E-state index contributed by atoms with van der Waals surface area (Å²) in [5.41, 5.74) is 0. The second kappa shape index (κ2) is 1.92. The van der Waals surface area contributed by atoms with Gasteiger partial charge in [-0.25, -0.2) is 0 Å². The van der Waals surface area contributed by atoms with E-state index in [4.69, 9.17) is 0 Å². The molecule has 0 bridgehead atoms. The molecule has 0 saturated carbocycles. The van der Waals surface area contributed by atoms with Crippen LogP contribution in [0.5, 0.6) is 0 Å². The molecule has 1 rings (SSSR count). The van der Waals surface area contributed by atoms with Crippen molar-refractivity contribution in [1.82, 2.24) is 0 Å². The van der Waals surface area contributed by atoms with Gasteiger partial charge in [-0.15, -0.1) is 5.11 Å². The lowest BCUT2D eigenvalue weighted by Gasteiger charge is -2.01. The second-order valence-electron chi connectivity index (χ2n) is 1.69. The van der Waals surface area contributed by atoms with Gasteiger partial charge < -0.3 is 0 Å². The molecule has 0 aromatic heterocycles. The first-order chi connectivity index (χ1) is 3.60. The highest BCUT2D eigenvalue weighted by molar-refractivity contribution is 9.12. The molecule has 1 aliphatic rings. The van der Waals surface area contributed by atoms with Gasteiger partial charge in [0.2, 0.25) is 0 Å². The van der Waals surface area contributed by atoms with Gasteiger partial charge in [-0.2, -0.15) is 5.11 Å². The molecule has 1 unspecified atom stereocenters. The normalized spacial score (nSPS) is 35.6. The van der Waals surface area contributed by atoms with Crippen LogP contribution in [0.15, 0.2) is 20.9 Å². The summed E-state index contributed by atoms with van der Waals surface area (Å²) in [6, 6.07) is 0. The molecule has 0 N–H and O–H groups in total. The van der Waals surface area contributed by atoms with Crippen LogP contribution in [0, 0.1) is 0 Å². The van der Waals surface area contributed by atoms with E-state index >= 15 is 0 Å². The molecule has 1 heterocycles. The van der Waals surface area contributed by atoms with Crippen LogP contribution in [-0.4, -0.2) is 4.45 Å². The smallest absolute Gasteiger partial charge is 0.154 e. The Morgan fingerprint density at radius 2 is 2.38 bits per heavy atom. The summed E-state index contributed by atoms with van der Waals surface area (Å²) >= 11 is 6.50. The lowest BCUT2D eigenvalue weighted by atomic mass is 10.4. The van der Waals surface area contributed by atoms with E-state index in [-0.39, 0.29) is 4.45 Å². The molecule has 1 atom stereocenters. The van der Waals surface area contributed by atoms with Crippen molar-refractivity contribution in [1.29, 1.82) is 0 Å².